The fourth-order valence-corrected chi connectivity index (χ4v) is 3.73. The molecule has 0 amide bonds. The molecule has 146 valence electrons. The minimum absolute atomic E-state index is 0.280. The molecule has 3 aromatic heterocycles. The number of rotatable bonds is 3. The molecule has 1 fully saturated rings. The van der Waals surface area contributed by atoms with E-state index in [1.54, 1.807) is 24.5 Å². The van der Waals surface area contributed by atoms with Crippen LogP contribution in [0.2, 0.25) is 0 Å². The van der Waals surface area contributed by atoms with Crippen molar-refractivity contribution in [3.63, 3.8) is 0 Å². The standard InChI is InChI=1S/C21H20FN7/c1-14-13-28(11-10-23-14)19-7-6-18-26-20(15-2-4-17(22)5-3-15)21(29(18)27-19)16-8-9-24-25-12-16/h2-9,12,14,23H,10-11,13H2,1H3. The van der Waals surface area contributed by atoms with E-state index in [9.17, 15) is 4.39 Å². The van der Waals surface area contributed by atoms with E-state index >= 15 is 0 Å². The van der Waals surface area contributed by atoms with Gasteiger partial charge in [-0.05, 0) is 49.4 Å². The number of fused-ring (bicyclic) bond motifs is 1. The summed E-state index contributed by atoms with van der Waals surface area (Å²) in [5.41, 5.74) is 3.94. The quantitative estimate of drug-likeness (QED) is 0.581. The zero-order valence-electron chi connectivity index (χ0n) is 16.0. The molecular weight excluding hydrogens is 369 g/mol. The van der Waals surface area contributed by atoms with Crippen molar-refractivity contribution >= 4 is 11.5 Å². The highest BCUT2D eigenvalue weighted by Gasteiger charge is 2.21. The summed E-state index contributed by atoms with van der Waals surface area (Å²) in [5, 5.41) is 16.3. The van der Waals surface area contributed by atoms with Crippen LogP contribution in [0.25, 0.3) is 28.2 Å². The predicted molar refractivity (Wildman–Crippen MR) is 109 cm³/mol. The highest BCUT2D eigenvalue weighted by molar-refractivity contribution is 5.81. The van der Waals surface area contributed by atoms with Gasteiger partial charge in [0, 0.05) is 36.8 Å². The van der Waals surface area contributed by atoms with Crippen LogP contribution in [0.1, 0.15) is 6.92 Å². The lowest BCUT2D eigenvalue weighted by molar-refractivity contribution is 0.481. The molecule has 0 bridgehead atoms. The number of hydrogen-bond donors (Lipinski definition) is 1. The van der Waals surface area contributed by atoms with Gasteiger partial charge in [0.2, 0.25) is 0 Å². The van der Waals surface area contributed by atoms with Crippen molar-refractivity contribution in [3.8, 4) is 22.5 Å². The van der Waals surface area contributed by atoms with Crippen molar-refractivity contribution in [2.24, 2.45) is 0 Å². The number of halogens is 1. The van der Waals surface area contributed by atoms with Crippen molar-refractivity contribution in [1.82, 2.24) is 30.1 Å². The van der Waals surface area contributed by atoms with Gasteiger partial charge >= 0.3 is 0 Å². The normalized spacial score (nSPS) is 17.0. The molecule has 0 spiro atoms. The average molecular weight is 389 g/mol. The second-order valence-corrected chi connectivity index (χ2v) is 7.21. The number of piperazine rings is 1. The molecule has 1 aliphatic rings. The first-order valence-corrected chi connectivity index (χ1v) is 9.60. The van der Waals surface area contributed by atoms with Gasteiger partial charge in [0.25, 0.3) is 0 Å². The van der Waals surface area contributed by atoms with Gasteiger partial charge in [0.15, 0.2) is 5.65 Å². The summed E-state index contributed by atoms with van der Waals surface area (Å²) < 4.78 is 15.3. The Balaban J connectivity index is 1.69. The van der Waals surface area contributed by atoms with Gasteiger partial charge in [0.1, 0.15) is 17.3 Å². The summed E-state index contributed by atoms with van der Waals surface area (Å²) in [4.78, 5) is 7.06. The Kier molecular flexibility index (Phi) is 4.40. The molecule has 1 aliphatic heterocycles. The number of nitrogens with zero attached hydrogens (tertiary/aromatic N) is 6. The maximum absolute atomic E-state index is 13.5. The van der Waals surface area contributed by atoms with Crippen molar-refractivity contribution in [1.29, 1.82) is 0 Å². The first-order valence-electron chi connectivity index (χ1n) is 9.60. The summed E-state index contributed by atoms with van der Waals surface area (Å²) in [7, 11) is 0. The van der Waals surface area contributed by atoms with E-state index in [1.807, 2.05) is 22.7 Å². The SMILES string of the molecule is CC1CN(c2ccc3nc(-c4ccc(F)cc4)c(-c4ccnnc4)n3n2)CCN1. The third kappa shape index (κ3) is 3.31. The van der Waals surface area contributed by atoms with Crippen LogP contribution >= 0.6 is 0 Å². The fraction of sp³-hybridized carbons (Fsp3) is 0.238. The van der Waals surface area contributed by atoms with Crippen molar-refractivity contribution in [3.05, 3.63) is 60.7 Å². The number of hydrogen-bond acceptors (Lipinski definition) is 6. The van der Waals surface area contributed by atoms with E-state index < -0.39 is 0 Å². The molecule has 0 saturated carbocycles. The van der Waals surface area contributed by atoms with Crippen LogP contribution in [0.3, 0.4) is 0 Å². The first-order chi connectivity index (χ1) is 14.2. The molecule has 4 aromatic rings. The van der Waals surface area contributed by atoms with Crippen molar-refractivity contribution in [2.75, 3.05) is 24.5 Å². The molecule has 1 aromatic carbocycles. The topological polar surface area (TPSA) is 71.2 Å². The lowest BCUT2D eigenvalue weighted by Gasteiger charge is -2.32. The lowest BCUT2D eigenvalue weighted by Crippen LogP contribution is -2.49. The van der Waals surface area contributed by atoms with Crippen LogP contribution in [0.5, 0.6) is 0 Å². The molecule has 5 rings (SSSR count). The molecular formula is C21H20FN7. The van der Waals surface area contributed by atoms with Crippen LogP contribution in [0.15, 0.2) is 54.9 Å². The van der Waals surface area contributed by atoms with E-state index in [4.69, 9.17) is 10.1 Å². The van der Waals surface area contributed by atoms with Gasteiger partial charge in [-0.2, -0.15) is 10.2 Å². The average Bonchev–Trinajstić information content (AvgIpc) is 3.13. The van der Waals surface area contributed by atoms with E-state index in [0.717, 1.165) is 53.6 Å². The van der Waals surface area contributed by atoms with Crippen molar-refractivity contribution < 1.29 is 4.39 Å². The number of imidazole rings is 1. The molecule has 29 heavy (non-hydrogen) atoms. The third-order valence-electron chi connectivity index (χ3n) is 5.13. The largest absolute Gasteiger partial charge is 0.352 e. The first kappa shape index (κ1) is 17.7. The summed E-state index contributed by atoms with van der Waals surface area (Å²) in [5.74, 6) is 0.620. The summed E-state index contributed by atoms with van der Waals surface area (Å²) >= 11 is 0. The number of nitrogens with one attached hydrogen (secondary N) is 1. The van der Waals surface area contributed by atoms with E-state index in [-0.39, 0.29) is 5.82 Å². The minimum atomic E-state index is -0.280. The smallest absolute Gasteiger partial charge is 0.155 e. The van der Waals surface area contributed by atoms with E-state index in [1.165, 1.54) is 12.1 Å². The highest BCUT2D eigenvalue weighted by Crippen LogP contribution is 2.32. The Hall–Kier alpha value is -3.39. The Morgan fingerprint density at radius 2 is 1.90 bits per heavy atom. The number of benzene rings is 1. The predicted octanol–water partition coefficient (Wildman–Crippen LogP) is 2.79. The molecule has 1 N–H and O–H groups in total. The maximum atomic E-state index is 13.5. The zero-order valence-corrected chi connectivity index (χ0v) is 16.0. The van der Waals surface area contributed by atoms with Gasteiger partial charge in [-0.25, -0.2) is 13.9 Å². The molecule has 1 unspecified atom stereocenters. The fourth-order valence-electron chi connectivity index (χ4n) is 3.73. The molecule has 0 radical (unpaired) electrons. The van der Waals surface area contributed by atoms with Crippen LogP contribution in [-0.4, -0.2) is 50.5 Å². The Labute approximate surface area is 167 Å². The summed E-state index contributed by atoms with van der Waals surface area (Å²) in [6, 6.07) is 12.6. The van der Waals surface area contributed by atoms with E-state index in [2.05, 4.69) is 27.3 Å². The Bertz CT molecular complexity index is 1140. The van der Waals surface area contributed by atoms with Crippen LogP contribution in [0.4, 0.5) is 10.2 Å². The summed E-state index contributed by atoms with van der Waals surface area (Å²) in [6.07, 6.45) is 3.34. The maximum Gasteiger partial charge on any atom is 0.155 e. The molecule has 1 saturated heterocycles. The van der Waals surface area contributed by atoms with Gasteiger partial charge in [-0.1, -0.05) is 0 Å². The van der Waals surface area contributed by atoms with E-state index in [0.29, 0.717) is 6.04 Å². The van der Waals surface area contributed by atoms with Crippen LogP contribution in [0, 0.1) is 5.82 Å². The van der Waals surface area contributed by atoms with Crippen LogP contribution < -0.4 is 10.2 Å². The third-order valence-corrected chi connectivity index (χ3v) is 5.13. The number of aromatic nitrogens is 5. The zero-order chi connectivity index (χ0) is 19.8. The molecule has 4 heterocycles. The second kappa shape index (κ2) is 7.21. The highest BCUT2D eigenvalue weighted by atomic mass is 19.1. The minimum Gasteiger partial charge on any atom is -0.352 e. The van der Waals surface area contributed by atoms with Gasteiger partial charge in [-0.15, -0.1) is 5.10 Å². The molecule has 1 atom stereocenters. The number of anilines is 1. The van der Waals surface area contributed by atoms with Crippen LogP contribution in [-0.2, 0) is 0 Å². The Morgan fingerprint density at radius 3 is 2.66 bits per heavy atom. The van der Waals surface area contributed by atoms with Gasteiger partial charge in [-0.3, -0.25) is 0 Å². The monoisotopic (exact) mass is 389 g/mol. The molecule has 0 aliphatic carbocycles. The summed E-state index contributed by atoms with van der Waals surface area (Å²) in [6.45, 7) is 4.88. The second-order valence-electron chi connectivity index (χ2n) is 7.21. The van der Waals surface area contributed by atoms with Gasteiger partial charge in [0.05, 0.1) is 18.1 Å². The molecule has 7 nitrogen and oxygen atoms in total. The Morgan fingerprint density at radius 1 is 1.03 bits per heavy atom. The van der Waals surface area contributed by atoms with Gasteiger partial charge < -0.3 is 10.2 Å². The molecule has 8 heteroatoms. The lowest BCUT2D eigenvalue weighted by atomic mass is 10.1. The van der Waals surface area contributed by atoms with Crippen molar-refractivity contribution in [2.45, 2.75) is 13.0 Å².